The lowest BCUT2D eigenvalue weighted by Gasteiger charge is -2.27. The number of anilines is 1. The van der Waals surface area contributed by atoms with Crippen LogP contribution in [-0.4, -0.2) is 23.4 Å². The third-order valence-corrected chi connectivity index (χ3v) is 4.92. The van der Waals surface area contributed by atoms with Crippen molar-refractivity contribution in [1.29, 1.82) is 0 Å². The maximum Gasteiger partial charge on any atom is 0.317 e. The van der Waals surface area contributed by atoms with Gasteiger partial charge in [-0.25, -0.2) is 4.39 Å². The minimum atomic E-state index is -0.875. The molecule has 2 aromatic rings. The van der Waals surface area contributed by atoms with Gasteiger partial charge in [0.05, 0.1) is 10.3 Å². The molecule has 0 radical (unpaired) electrons. The average molecular weight is 386 g/mol. The summed E-state index contributed by atoms with van der Waals surface area (Å²) in [4.78, 5) is 35.1. The number of hydrogen-bond acceptors (Lipinski definition) is 5. The highest BCUT2D eigenvalue weighted by atomic mass is 19.1. The Kier molecular flexibility index (Phi) is 5.67. The van der Waals surface area contributed by atoms with Gasteiger partial charge in [-0.1, -0.05) is 31.0 Å². The molecule has 1 aliphatic carbocycles. The quantitative estimate of drug-likeness (QED) is 0.463. The summed E-state index contributed by atoms with van der Waals surface area (Å²) in [6.45, 7) is -0.509. The largest absolute Gasteiger partial charge is 0.455 e. The van der Waals surface area contributed by atoms with Crippen molar-refractivity contribution >= 4 is 23.3 Å². The van der Waals surface area contributed by atoms with Gasteiger partial charge in [0.15, 0.2) is 6.61 Å². The molecule has 2 aromatic carbocycles. The topological polar surface area (TPSA) is 98.5 Å². The Morgan fingerprint density at radius 3 is 2.46 bits per heavy atom. The first-order valence-corrected chi connectivity index (χ1v) is 8.88. The van der Waals surface area contributed by atoms with Gasteiger partial charge in [-0.05, 0) is 36.6 Å². The van der Waals surface area contributed by atoms with E-state index in [-0.39, 0.29) is 17.2 Å². The van der Waals surface area contributed by atoms with E-state index in [2.05, 4.69) is 5.32 Å². The molecule has 1 fully saturated rings. The van der Waals surface area contributed by atoms with Crippen LogP contribution in [-0.2, 0) is 19.7 Å². The lowest BCUT2D eigenvalue weighted by molar-refractivity contribution is -0.384. The molecule has 1 aliphatic rings. The zero-order valence-corrected chi connectivity index (χ0v) is 15.0. The van der Waals surface area contributed by atoms with E-state index in [0.29, 0.717) is 18.4 Å². The van der Waals surface area contributed by atoms with Crippen LogP contribution in [0.2, 0.25) is 0 Å². The summed E-state index contributed by atoms with van der Waals surface area (Å²) in [5.74, 6) is -1.51. The smallest absolute Gasteiger partial charge is 0.317 e. The number of nitro groups is 1. The van der Waals surface area contributed by atoms with Gasteiger partial charge in [0, 0.05) is 17.8 Å². The maximum absolute atomic E-state index is 13.2. The van der Waals surface area contributed by atoms with E-state index in [1.54, 1.807) is 12.1 Å². The summed E-state index contributed by atoms with van der Waals surface area (Å²) in [7, 11) is 0. The maximum atomic E-state index is 13.2. The summed E-state index contributed by atoms with van der Waals surface area (Å²) in [5.41, 5.74) is -0.115. The van der Waals surface area contributed by atoms with E-state index < -0.39 is 28.8 Å². The zero-order valence-electron chi connectivity index (χ0n) is 15.0. The van der Waals surface area contributed by atoms with Crippen molar-refractivity contribution in [1.82, 2.24) is 0 Å². The SMILES string of the molecule is O=C(COC(=O)C1(c2ccc(F)cc2)CCCC1)Nc1cccc([N+](=O)[O-])c1. The van der Waals surface area contributed by atoms with Crippen LogP contribution in [0.3, 0.4) is 0 Å². The number of rotatable bonds is 6. The number of carbonyl (C=O) groups is 2. The Hall–Kier alpha value is -3.29. The van der Waals surface area contributed by atoms with Crippen LogP contribution in [0.15, 0.2) is 48.5 Å². The molecule has 0 aliphatic heterocycles. The number of hydrogen-bond donors (Lipinski definition) is 1. The molecular weight excluding hydrogens is 367 g/mol. The predicted octanol–water partition coefficient (Wildman–Crippen LogP) is 3.73. The first-order chi connectivity index (χ1) is 13.4. The van der Waals surface area contributed by atoms with Crippen molar-refractivity contribution in [3.63, 3.8) is 0 Å². The number of carbonyl (C=O) groups excluding carboxylic acids is 2. The molecule has 7 nitrogen and oxygen atoms in total. The van der Waals surface area contributed by atoms with Crippen LogP contribution < -0.4 is 5.32 Å². The Morgan fingerprint density at radius 1 is 1.14 bits per heavy atom. The van der Waals surface area contributed by atoms with Gasteiger partial charge < -0.3 is 10.1 Å². The number of nitrogens with zero attached hydrogens (tertiary/aromatic N) is 1. The van der Waals surface area contributed by atoms with Gasteiger partial charge in [-0.3, -0.25) is 19.7 Å². The average Bonchev–Trinajstić information content (AvgIpc) is 3.18. The standard InChI is InChI=1S/C20H19FN2O5/c21-15-8-6-14(7-9-15)20(10-1-2-11-20)19(25)28-13-18(24)22-16-4-3-5-17(12-16)23(26)27/h3-9,12H,1-2,10-11,13H2,(H,22,24). The molecule has 0 spiro atoms. The fraction of sp³-hybridized carbons (Fsp3) is 0.300. The third-order valence-electron chi connectivity index (χ3n) is 4.92. The highest BCUT2D eigenvalue weighted by Gasteiger charge is 2.44. The molecule has 0 heterocycles. The third kappa shape index (κ3) is 4.16. The molecule has 8 heteroatoms. The number of nitro benzene ring substituents is 1. The van der Waals surface area contributed by atoms with Crippen molar-refractivity contribution in [3.8, 4) is 0 Å². The van der Waals surface area contributed by atoms with Crippen molar-refractivity contribution < 1.29 is 23.6 Å². The summed E-state index contributed by atoms with van der Waals surface area (Å²) >= 11 is 0. The van der Waals surface area contributed by atoms with Crippen LogP contribution in [0, 0.1) is 15.9 Å². The molecule has 28 heavy (non-hydrogen) atoms. The van der Waals surface area contributed by atoms with Crippen LogP contribution >= 0.6 is 0 Å². The highest BCUT2D eigenvalue weighted by Crippen LogP contribution is 2.42. The molecule has 0 aromatic heterocycles. The van der Waals surface area contributed by atoms with E-state index >= 15 is 0 Å². The Labute approximate surface area is 160 Å². The minimum Gasteiger partial charge on any atom is -0.455 e. The molecule has 1 amide bonds. The number of ether oxygens (including phenoxy) is 1. The number of amides is 1. The summed E-state index contributed by atoms with van der Waals surface area (Å²) < 4.78 is 18.5. The normalized spacial score (nSPS) is 15.0. The van der Waals surface area contributed by atoms with E-state index in [0.717, 1.165) is 12.8 Å². The zero-order chi connectivity index (χ0) is 20.1. The van der Waals surface area contributed by atoms with Gasteiger partial charge >= 0.3 is 5.97 Å². The molecule has 0 saturated heterocycles. The van der Waals surface area contributed by atoms with Crippen molar-refractivity contribution in [2.24, 2.45) is 0 Å². The van der Waals surface area contributed by atoms with Crippen molar-refractivity contribution in [3.05, 3.63) is 70.0 Å². The van der Waals surface area contributed by atoms with E-state index in [1.165, 1.54) is 36.4 Å². The number of non-ortho nitro benzene ring substituents is 1. The number of halogens is 1. The van der Waals surface area contributed by atoms with Crippen LogP contribution in [0.1, 0.15) is 31.2 Å². The summed E-state index contributed by atoms with van der Waals surface area (Å²) in [5, 5.41) is 13.3. The van der Waals surface area contributed by atoms with Gasteiger partial charge in [0.25, 0.3) is 11.6 Å². The first kappa shape index (κ1) is 19.5. The van der Waals surface area contributed by atoms with Gasteiger partial charge in [0.1, 0.15) is 5.82 Å². The number of benzene rings is 2. The second-order valence-electron chi connectivity index (χ2n) is 6.73. The van der Waals surface area contributed by atoms with Crippen molar-refractivity contribution in [2.45, 2.75) is 31.1 Å². The molecular formula is C20H19FN2O5. The Bertz CT molecular complexity index is 892. The number of nitrogens with one attached hydrogen (secondary N) is 1. The molecule has 1 saturated carbocycles. The van der Waals surface area contributed by atoms with Crippen LogP contribution in [0.5, 0.6) is 0 Å². The molecule has 0 atom stereocenters. The Balaban J connectivity index is 1.65. The lowest BCUT2D eigenvalue weighted by atomic mass is 9.79. The molecule has 3 rings (SSSR count). The summed E-state index contributed by atoms with van der Waals surface area (Å²) in [6.07, 6.45) is 2.83. The first-order valence-electron chi connectivity index (χ1n) is 8.88. The Morgan fingerprint density at radius 2 is 1.82 bits per heavy atom. The van der Waals surface area contributed by atoms with Crippen LogP contribution in [0.4, 0.5) is 15.8 Å². The fourth-order valence-corrected chi connectivity index (χ4v) is 3.52. The molecule has 146 valence electrons. The van der Waals surface area contributed by atoms with Gasteiger partial charge in [-0.15, -0.1) is 0 Å². The molecule has 1 N–H and O–H groups in total. The van der Waals surface area contributed by atoms with E-state index in [9.17, 15) is 24.1 Å². The highest BCUT2D eigenvalue weighted by molar-refractivity contribution is 5.94. The lowest BCUT2D eigenvalue weighted by Crippen LogP contribution is -2.36. The fourth-order valence-electron chi connectivity index (χ4n) is 3.52. The molecule has 0 unspecified atom stereocenters. The van der Waals surface area contributed by atoms with E-state index in [4.69, 9.17) is 4.74 Å². The van der Waals surface area contributed by atoms with E-state index in [1.807, 2.05) is 0 Å². The second kappa shape index (κ2) is 8.16. The van der Waals surface area contributed by atoms with Gasteiger partial charge in [-0.2, -0.15) is 0 Å². The van der Waals surface area contributed by atoms with Gasteiger partial charge in [0.2, 0.25) is 0 Å². The summed E-state index contributed by atoms with van der Waals surface area (Å²) in [6, 6.07) is 11.2. The second-order valence-corrected chi connectivity index (χ2v) is 6.73. The minimum absolute atomic E-state index is 0.156. The monoisotopic (exact) mass is 386 g/mol. The predicted molar refractivity (Wildman–Crippen MR) is 99.2 cm³/mol. The van der Waals surface area contributed by atoms with Crippen molar-refractivity contribution in [2.75, 3.05) is 11.9 Å². The number of esters is 1. The van der Waals surface area contributed by atoms with Crippen LogP contribution in [0.25, 0.3) is 0 Å². The molecule has 0 bridgehead atoms.